The number of nitriles is 1. The Balaban J connectivity index is 1.42. The third-order valence-corrected chi connectivity index (χ3v) is 5.30. The number of hydrogen-bond acceptors (Lipinski definition) is 7. The molecule has 2 aliphatic carbocycles. The first-order valence-corrected chi connectivity index (χ1v) is 10.4. The molecule has 158 valence electrons. The molecule has 0 aliphatic heterocycles. The van der Waals surface area contributed by atoms with Gasteiger partial charge in [0, 0.05) is 34.6 Å². The van der Waals surface area contributed by atoms with Crippen LogP contribution < -0.4 is 16.0 Å². The van der Waals surface area contributed by atoms with Crippen LogP contribution in [0.5, 0.6) is 0 Å². The number of amides is 1. The molecule has 2 saturated carbocycles. The summed E-state index contributed by atoms with van der Waals surface area (Å²) in [7, 11) is 0. The summed E-state index contributed by atoms with van der Waals surface area (Å²) in [5.74, 6) is 1.50. The molecule has 1 amide bonds. The molecular weight excluding hydrogens is 380 g/mol. The van der Waals surface area contributed by atoms with Crippen LogP contribution in [0.3, 0.4) is 0 Å². The Labute approximate surface area is 176 Å². The van der Waals surface area contributed by atoms with Gasteiger partial charge in [-0.1, -0.05) is 0 Å². The van der Waals surface area contributed by atoms with Crippen molar-refractivity contribution in [3.8, 4) is 6.07 Å². The molecule has 4 rings (SSSR count). The average Bonchev–Trinajstić information content (AvgIpc) is 3.42. The summed E-state index contributed by atoms with van der Waals surface area (Å²) in [6, 6.07) is 6.50. The van der Waals surface area contributed by atoms with E-state index in [1.807, 2.05) is 33.8 Å². The number of hydrogen-bond donors (Lipinski definition) is 3. The fraction of sp³-hybridized carbons (Fsp3) is 0.545. The molecule has 2 aromatic rings. The molecule has 2 aromatic heterocycles. The van der Waals surface area contributed by atoms with Crippen molar-refractivity contribution < 1.29 is 9.53 Å². The number of fused-ring (bicyclic) bond motifs is 1. The maximum Gasteiger partial charge on any atom is 0.408 e. The van der Waals surface area contributed by atoms with Crippen LogP contribution in [0.15, 0.2) is 18.3 Å². The Morgan fingerprint density at radius 3 is 2.60 bits per heavy atom. The van der Waals surface area contributed by atoms with Crippen LogP contribution in [-0.4, -0.2) is 39.3 Å². The van der Waals surface area contributed by atoms with E-state index in [4.69, 9.17) is 4.74 Å². The predicted molar refractivity (Wildman–Crippen MR) is 115 cm³/mol. The van der Waals surface area contributed by atoms with Crippen molar-refractivity contribution in [1.29, 1.82) is 5.26 Å². The van der Waals surface area contributed by atoms with Crippen LogP contribution >= 0.6 is 0 Å². The first kappa shape index (κ1) is 20.2. The predicted octanol–water partition coefficient (Wildman–Crippen LogP) is 3.93. The molecule has 8 nitrogen and oxygen atoms in total. The van der Waals surface area contributed by atoms with Crippen molar-refractivity contribution >= 4 is 28.5 Å². The van der Waals surface area contributed by atoms with Gasteiger partial charge in [0.1, 0.15) is 29.0 Å². The second-order valence-electron chi connectivity index (χ2n) is 9.61. The SMILES string of the molecule is CC1(NC(=O)OC(C)(C)C)CC(Nc2cc3c(NC4CC4)nc(C#N)cc3cn2)C1. The zero-order valence-corrected chi connectivity index (χ0v) is 17.9. The number of anilines is 2. The van der Waals surface area contributed by atoms with Crippen LogP contribution in [0.1, 0.15) is 59.1 Å². The zero-order valence-electron chi connectivity index (χ0n) is 17.9. The van der Waals surface area contributed by atoms with E-state index in [1.54, 1.807) is 12.3 Å². The monoisotopic (exact) mass is 408 g/mol. The van der Waals surface area contributed by atoms with Crippen molar-refractivity contribution in [2.75, 3.05) is 10.6 Å². The van der Waals surface area contributed by atoms with E-state index in [1.165, 1.54) is 0 Å². The lowest BCUT2D eigenvalue weighted by Gasteiger charge is -2.46. The van der Waals surface area contributed by atoms with Gasteiger partial charge in [-0.15, -0.1) is 0 Å². The summed E-state index contributed by atoms with van der Waals surface area (Å²) >= 11 is 0. The summed E-state index contributed by atoms with van der Waals surface area (Å²) < 4.78 is 5.36. The van der Waals surface area contributed by atoms with Gasteiger partial charge < -0.3 is 20.7 Å². The molecule has 0 aromatic carbocycles. The van der Waals surface area contributed by atoms with Crippen LogP contribution in [0.2, 0.25) is 0 Å². The molecule has 0 saturated heterocycles. The number of rotatable bonds is 5. The molecular formula is C22H28N6O2. The minimum absolute atomic E-state index is 0.209. The molecule has 8 heteroatoms. The van der Waals surface area contributed by atoms with Gasteiger partial charge >= 0.3 is 6.09 Å². The minimum atomic E-state index is -0.511. The van der Waals surface area contributed by atoms with Crippen molar-refractivity contribution in [2.24, 2.45) is 0 Å². The van der Waals surface area contributed by atoms with Gasteiger partial charge in [0.25, 0.3) is 0 Å². The van der Waals surface area contributed by atoms with Crippen LogP contribution in [0.4, 0.5) is 16.4 Å². The molecule has 0 radical (unpaired) electrons. The number of nitrogens with one attached hydrogen (secondary N) is 3. The molecule has 2 heterocycles. The van der Waals surface area contributed by atoms with E-state index in [2.05, 4.69) is 32.0 Å². The number of ether oxygens (including phenoxy) is 1. The standard InChI is InChI=1S/C22H28N6O2/c1-21(2,3)30-20(29)28-22(4)9-16(10-22)25-18-8-17-13(12-24-18)7-15(11-23)27-19(17)26-14-5-6-14/h7-8,12,14,16H,5-6,9-10H2,1-4H3,(H,24,25)(H,26,27)(H,28,29). The summed E-state index contributed by atoms with van der Waals surface area (Å²) in [4.78, 5) is 21.0. The van der Waals surface area contributed by atoms with Crippen molar-refractivity contribution in [2.45, 2.75) is 76.6 Å². The lowest BCUT2D eigenvalue weighted by Crippen LogP contribution is -2.59. The summed E-state index contributed by atoms with van der Waals surface area (Å²) in [6.07, 6.45) is 5.20. The molecule has 3 N–H and O–H groups in total. The first-order chi connectivity index (χ1) is 14.1. The third kappa shape index (κ3) is 4.73. The highest BCUT2D eigenvalue weighted by atomic mass is 16.6. The van der Waals surface area contributed by atoms with Crippen LogP contribution in [0, 0.1) is 11.3 Å². The number of nitrogens with zero attached hydrogens (tertiary/aromatic N) is 3. The van der Waals surface area contributed by atoms with Gasteiger partial charge in [0.05, 0.1) is 0 Å². The van der Waals surface area contributed by atoms with Gasteiger partial charge in [-0.3, -0.25) is 0 Å². The quantitative estimate of drug-likeness (QED) is 0.687. The Hall–Kier alpha value is -3.08. The third-order valence-electron chi connectivity index (χ3n) is 5.30. The topological polar surface area (TPSA) is 112 Å². The van der Waals surface area contributed by atoms with E-state index >= 15 is 0 Å². The number of carbonyl (C=O) groups excluding carboxylic acids is 1. The average molecular weight is 409 g/mol. The van der Waals surface area contributed by atoms with E-state index in [0.717, 1.165) is 48.1 Å². The van der Waals surface area contributed by atoms with Gasteiger partial charge in [0.2, 0.25) is 0 Å². The van der Waals surface area contributed by atoms with Crippen molar-refractivity contribution in [1.82, 2.24) is 15.3 Å². The van der Waals surface area contributed by atoms with E-state index < -0.39 is 5.60 Å². The molecule has 30 heavy (non-hydrogen) atoms. The maximum absolute atomic E-state index is 12.1. The summed E-state index contributed by atoms with van der Waals surface area (Å²) in [5.41, 5.74) is -0.419. The van der Waals surface area contributed by atoms with E-state index in [9.17, 15) is 10.1 Å². The maximum atomic E-state index is 12.1. The van der Waals surface area contributed by atoms with Crippen LogP contribution in [0.25, 0.3) is 10.8 Å². The lowest BCUT2D eigenvalue weighted by atomic mass is 9.74. The number of pyridine rings is 2. The zero-order chi connectivity index (χ0) is 21.5. The number of alkyl carbamates (subject to hydrolysis) is 1. The highest BCUT2D eigenvalue weighted by molar-refractivity contribution is 5.94. The fourth-order valence-electron chi connectivity index (χ4n) is 3.80. The van der Waals surface area contributed by atoms with Gasteiger partial charge in [-0.25, -0.2) is 14.8 Å². The molecule has 2 aliphatic rings. The minimum Gasteiger partial charge on any atom is -0.444 e. The largest absolute Gasteiger partial charge is 0.444 e. The lowest BCUT2D eigenvalue weighted by molar-refractivity contribution is 0.0393. The summed E-state index contributed by atoms with van der Waals surface area (Å²) in [5, 5.41) is 20.9. The second kappa shape index (κ2) is 7.31. The normalized spacial score (nSPS) is 23.2. The van der Waals surface area contributed by atoms with Gasteiger partial charge in [0.15, 0.2) is 0 Å². The smallest absolute Gasteiger partial charge is 0.408 e. The highest BCUT2D eigenvalue weighted by Crippen LogP contribution is 2.35. The molecule has 2 fully saturated rings. The van der Waals surface area contributed by atoms with Crippen molar-refractivity contribution in [3.63, 3.8) is 0 Å². The molecule has 0 unspecified atom stereocenters. The Kier molecular flexibility index (Phi) is 4.92. The molecule has 0 spiro atoms. The Morgan fingerprint density at radius 1 is 1.23 bits per heavy atom. The van der Waals surface area contributed by atoms with Gasteiger partial charge in [-0.05, 0) is 65.5 Å². The van der Waals surface area contributed by atoms with Crippen LogP contribution in [-0.2, 0) is 4.74 Å². The van der Waals surface area contributed by atoms with E-state index in [-0.39, 0.29) is 17.7 Å². The summed E-state index contributed by atoms with van der Waals surface area (Å²) in [6.45, 7) is 7.58. The number of aromatic nitrogens is 2. The first-order valence-electron chi connectivity index (χ1n) is 10.4. The number of carbonyl (C=O) groups is 1. The highest BCUT2D eigenvalue weighted by Gasteiger charge is 2.42. The Morgan fingerprint density at radius 2 is 1.97 bits per heavy atom. The molecule has 0 atom stereocenters. The fourth-order valence-corrected chi connectivity index (χ4v) is 3.80. The van der Waals surface area contributed by atoms with Crippen molar-refractivity contribution in [3.05, 3.63) is 24.0 Å². The second-order valence-corrected chi connectivity index (χ2v) is 9.61. The molecule has 0 bridgehead atoms. The van der Waals surface area contributed by atoms with Gasteiger partial charge in [-0.2, -0.15) is 5.26 Å². The van der Waals surface area contributed by atoms with E-state index in [0.29, 0.717) is 11.7 Å². The Bertz CT molecular complexity index is 1010.